The molecule has 0 unspecified atom stereocenters. The molecule has 0 aliphatic heterocycles. The number of hydrogen-bond acceptors (Lipinski definition) is 2. The van der Waals surface area contributed by atoms with Crippen LogP contribution in [0.5, 0.6) is 0 Å². The van der Waals surface area contributed by atoms with Crippen LogP contribution in [0.25, 0.3) is 0 Å². The summed E-state index contributed by atoms with van der Waals surface area (Å²) in [6.07, 6.45) is 1.87. The number of nitriles is 1. The van der Waals surface area contributed by atoms with E-state index in [-0.39, 0.29) is 11.9 Å². The summed E-state index contributed by atoms with van der Waals surface area (Å²) in [7, 11) is 0. The summed E-state index contributed by atoms with van der Waals surface area (Å²) < 4.78 is 0. The molecule has 0 saturated heterocycles. The number of nitrogens with one attached hydrogen (secondary N) is 1. The Morgan fingerprint density at radius 1 is 1.19 bits per heavy atom. The van der Waals surface area contributed by atoms with Gasteiger partial charge in [-0.05, 0) is 30.2 Å². The minimum absolute atomic E-state index is 0.00515. The predicted molar refractivity (Wildman–Crippen MR) is 82.7 cm³/mol. The van der Waals surface area contributed by atoms with E-state index in [9.17, 15) is 4.79 Å². The van der Waals surface area contributed by atoms with Gasteiger partial charge in [0.05, 0.1) is 17.7 Å². The molecule has 1 atom stereocenters. The summed E-state index contributed by atoms with van der Waals surface area (Å²) in [5.41, 5.74) is 2.12. The maximum atomic E-state index is 12.4. The SMILES string of the molecule is CCC[C@@H](NC(=O)c1cccc(C#N)c1)c1ccccc1. The molecule has 2 aromatic rings. The van der Waals surface area contributed by atoms with Crippen LogP contribution in [0.2, 0.25) is 0 Å². The molecule has 0 aliphatic rings. The maximum Gasteiger partial charge on any atom is 0.251 e. The first-order valence-electron chi connectivity index (χ1n) is 7.10. The molecule has 0 bridgehead atoms. The van der Waals surface area contributed by atoms with Crippen molar-refractivity contribution in [1.29, 1.82) is 5.26 Å². The number of hydrogen-bond donors (Lipinski definition) is 1. The van der Waals surface area contributed by atoms with Crippen molar-refractivity contribution >= 4 is 5.91 Å². The van der Waals surface area contributed by atoms with Crippen LogP contribution in [-0.4, -0.2) is 5.91 Å². The summed E-state index contributed by atoms with van der Waals surface area (Å²) >= 11 is 0. The number of nitrogens with zero attached hydrogens (tertiary/aromatic N) is 1. The molecule has 0 aliphatic carbocycles. The van der Waals surface area contributed by atoms with Gasteiger partial charge in [0.2, 0.25) is 0 Å². The molecule has 1 amide bonds. The molecule has 2 aromatic carbocycles. The Kier molecular flexibility index (Phi) is 5.11. The summed E-state index contributed by atoms with van der Waals surface area (Å²) in [5, 5.41) is 12.0. The molecule has 0 aromatic heterocycles. The highest BCUT2D eigenvalue weighted by molar-refractivity contribution is 5.94. The Bertz CT molecular complexity index is 644. The van der Waals surface area contributed by atoms with E-state index in [2.05, 4.69) is 18.3 Å². The fourth-order valence-corrected chi connectivity index (χ4v) is 2.27. The van der Waals surface area contributed by atoms with E-state index >= 15 is 0 Å². The van der Waals surface area contributed by atoms with Crippen LogP contribution in [0.15, 0.2) is 54.6 Å². The van der Waals surface area contributed by atoms with Gasteiger partial charge in [-0.2, -0.15) is 5.26 Å². The van der Waals surface area contributed by atoms with Crippen LogP contribution < -0.4 is 5.32 Å². The van der Waals surface area contributed by atoms with E-state index in [0.717, 1.165) is 18.4 Å². The lowest BCUT2D eigenvalue weighted by Gasteiger charge is -2.18. The second-order valence-electron chi connectivity index (χ2n) is 4.92. The largest absolute Gasteiger partial charge is 0.345 e. The third-order valence-electron chi connectivity index (χ3n) is 3.34. The van der Waals surface area contributed by atoms with Crippen molar-refractivity contribution < 1.29 is 4.79 Å². The molecule has 0 fully saturated rings. The predicted octanol–water partition coefficient (Wildman–Crippen LogP) is 3.83. The van der Waals surface area contributed by atoms with E-state index in [0.29, 0.717) is 11.1 Å². The Balaban J connectivity index is 2.17. The molecule has 3 heteroatoms. The number of benzene rings is 2. The average molecular weight is 278 g/mol. The van der Waals surface area contributed by atoms with Gasteiger partial charge < -0.3 is 5.32 Å². The van der Waals surface area contributed by atoms with Crippen LogP contribution in [0.3, 0.4) is 0 Å². The van der Waals surface area contributed by atoms with E-state index in [1.165, 1.54) is 0 Å². The molecular weight excluding hydrogens is 260 g/mol. The first kappa shape index (κ1) is 14.8. The van der Waals surface area contributed by atoms with Crippen LogP contribution in [0.1, 0.15) is 47.3 Å². The highest BCUT2D eigenvalue weighted by atomic mass is 16.1. The van der Waals surface area contributed by atoms with Gasteiger partial charge in [-0.3, -0.25) is 4.79 Å². The zero-order valence-corrected chi connectivity index (χ0v) is 12.0. The third-order valence-corrected chi connectivity index (χ3v) is 3.34. The van der Waals surface area contributed by atoms with Gasteiger partial charge in [0.1, 0.15) is 0 Å². The summed E-state index contributed by atoms with van der Waals surface area (Å²) in [4.78, 5) is 12.4. The summed E-state index contributed by atoms with van der Waals surface area (Å²) in [5.74, 6) is -0.144. The second kappa shape index (κ2) is 7.25. The molecule has 3 nitrogen and oxygen atoms in total. The molecular formula is C18H18N2O. The molecule has 2 rings (SSSR count). The molecule has 21 heavy (non-hydrogen) atoms. The highest BCUT2D eigenvalue weighted by Crippen LogP contribution is 2.19. The first-order chi connectivity index (χ1) is 10.2. The van der Waals surface area contributed by atoms with Crippen LogP contribution in [-0.2, 0) is 0 Å². The minimum Gasteiger partial charge on any atom is -0.345 e. The topological polar surface area (TPSA) is 52.9 Å². The van der Waals surface area contributed by atoms with Crippen molar-refractivity contribution in [2.75, 3.05) is 0 Å². The summed E-state index contributed by atoms with van der Waals surface area (Å²) in [6.45, 7) is 2.10. The van der Waals surface area contributed by atoms with Crippen molar-refractivity contribution in [2.24, 2.45) is 0 Å². The van der Waals surface area contributed by atoms with Gasteiger partial charge in [-0.15, -0.1) is 0 Å². The van der Waals surface area contributed by atoms with E-state index in [1.54, 1.807) is 24.3 Å². The number of carbonyl (C=O) groups is 1. The Hall–Kier alpha value is -2.60. The quantitative estimate of drug-likeness (QED) is 0.903. The fraction of sp³-hybridized carbons (Fsp3) is 0.222. The standard InChI is InChI=1S/C18H18N2O/c1-2-7-17(15-9-4-3-5-10-15)20-18(21)16-11-6-8-14(12-16)13-19/h3-6,8-12,17H,2,7H2,1H3,(H,20,21)/t17-/m1/s1. The normalized spacial score (nSPS) is 11.4. The van der Waals surface area contributed by atoms with Crippen molar-refractivity contribution in [3.05, 3.63) is 71.3 Å². The lowest BCUT2D eigenvalue weighted by Crippen LogP contribution is -2.28. The van der Waals surface area contributed by atoms with Crippen LogP contribution in [0.4, 0.5) is 0 Å². The maximum absolute atomic E-state index is 12.4. The van der Waals surface area contributed by atoms with Gasteiger partial charge in [-0.1, -0.05) is 49.7 Å². The number of amides is 1. The van der Waals surface area contributed by atoms with Gasteiger partial charge in [0, 0.05) is 5.56 Å². The van der Waals surface area contributed by atoms with Crippen molar-refractivity contribution in [3.8, 4) is 6.07 Å². The number of rotatable bonds is 5. The van der Waals surface area contributed by atoms with E-state index < -0.39 is 0 Å². The van der Waals surface area contributed by atoms with Crippen LogP contribution >= 0.6 is 0 Å². The van der Waals surface area contributed by atoms with Gasteiger partial charge in [-0.25, -0.2) is 0 Å². The molecule has 0 heterocycles. The van der Waals surface area contributed by atoms with Gasteiger partial charge in [0.25, 0.3) is 5.91 Å². The Morgan fingerprint density at radius 3 is 2.62 bits per heavy atom. The van der Waals surface area contributed by atoms with Crippen molar-refractivity contribution in [1.82, 2.24) is 5.32 Å². The zero-order chi connectivity index (χ0) is 15.1. The third kappa shape index (κ3) is 3.93. The van der Waals surface area contributed by atoms with E-state index in [1.807, 2.05) is 30.3 Å². The van der Waals surface area contributed by atoms with Gasteiger partial charge >= 0.3 is 0 Å². The molecule has 106 valence electrons. The number of carbonyl (C=O) groups excluding carboxylic acids is 1. The highest BCUT2D eigenvalue weighted by Gasteiger charge is 2.15. The zero-order valence-electron chi connectivity index (χ0n) is 12.0. The smallest absolute Gasteiger partial charge is 0.251 e. The van der Waals surface area contributed by atoms with Crippen molar-refractivity contribution in [2.45, 2.75) is 25.8 Å². The Morgan fingerprint density at radius 2 is 1.95 bits per heavy atom. The molecule has 0 spiro atoms. The van der Waals surface area contributed by atoms with Crippen molar-refractivity contribution in [3.63, 3.8) is 0 Å². The minimum atomic E-state index is -0.144. The molecule has 0 saturated carbocycles. The summed E-state index contributed by atoms with van der Waals surface area (Å²) in [6, 6.07) is 18.8. The first-order valence-corrected chi connectivity index (χ1v) is 7.10. The van der Waals surface area contributed by atoms with Crippen LogP contribution in [0, 0.1) is 11.3 Å². The monoisotopic (exact) mass is 278 g/mol. The lowest BCUT2D eigenvalue weighted by atomic mass is 10.0. The lowest BCUT2D eigenvalue weighted by molar-refractivity contribution is 0.0934. The molecule has 1 N–H and O–H groups in total. The fourth-order valence-electron chi connectivity index (χ4n) is 2.27. The van der Waals surface area contributed by atoms with E-state index in [4.69, 9.17) is 5.26 Å². The average Bonchev–Trinajstić information content (AvgIpc) is 2.55. The van der Waals surface area contributed by atoms with Gasteiger partial charge in [0.15, 0.2) is 0 Å². The Labute approximate surface area is 125 Å². The second-order valence-corrected chi connectivity index (χ2v) is 4.92. The molecule has 0 radical (unpaired) electrons.